The topological polar surface area (TPSA) is 49.3 Å². The van der Waals surface area contributed by atoms with Gasteiger partial charge in [-0.05, 0) is 23.1 Å². The van der Waals surface area contributed by atoms with E-state index in [4.69, 9.17) is 0 Å². The molecule has 7 heteroatoms. The predicted octanol–water partition coefficient (Wildman–Crippen LogP) is 3.22. The van der Waals surface area contributed by atoms with Crippen LogP contribution in [0.1, 0.15) is 16.1 Å². The summed E-state index contributed by atoms with van der Waals surface area (Å²) in [4.78, 5) is 25.6. The molecule has 0 saturated carbocycles. The highest BCUT2D eigenvalue weighted by atomic mass is 32.1. The maximum absolute atomic E-state index is 12.7. The van der Waals surface area contributed by atoms with Crippen molar-refractivity contribution in [3.8, 4) is 10.6 Å². The van der Waals surface area contributed by atoms with Crippen molar-refractivity contribution < 1.29 is 4.79 Å². The van der Waals surface area contributed by atoms with Crippen molar-refractivity contribution in [2.24, 2.45) is 0 Å². The molecule has 1 aliphatic rings. The standard InChI is InChI=1S/C18H18N4OS2/c23-18(16-13-25-17(20-16)15-3-9-24-12-15)22-7-5-21(6-8-22)11-14-2-1-4-19-10-14/h1-4,9-10,12-13H,5-8,11H2. The Labute approximate surface area is 154 Å². The molecule has 1 amide bonds. The van der Waals surface area contributed by atoms with E-state index >= 15 is 0 Å². The van der Waals surface area contributed by atoms with Crippen LogP contribution < -0.4 is 0 Å². The molecular weight excluding hydrogens is 352 g/mol. The molecule has 0 aliphatic carbocycles. The van der Waals surface area contributed by atoms with Crippen molar-refractivity contribution >= 4 is 28.6 Å². The Hall–Kier alpha value is -2.09. The number of rotatable bonds is 4. The summed E-state index contributed by atoms with van der Waals surface area (Å²) in [5.74, 6) is 0.0405. The molecule has 0 atom stereocenters. The monoisotopic (exact) mass is 370 g/mol. The summed E-state index contributed by atoms with van der Waals surface area (Å²) < 4.78 is 0. The second-order valence-electron chi connectivity index (χ2n) is 5.98. The molecule has 4 heterocycles. The highest BCUT2D eigenvalue weighted by Crippen LogP contribution is 2.26. The third-order valence-corrected chi connectivity index (χ3v) is 5.85. The summed E-state index contributed by atoms with van der Waals surface area (Å²) in [5.41, 5.74) is 2.87. The first-order valence-electron chi connectivity index (χ1n) is 8.18. The summed E-state index contributed by atoms with van der Waals surface area (Å²) >= 11 is 3.17. The molecule has 128 valence electrons. The Kier molecular flexibility index (Phi) is 4.87. The van der Waals surface area contributed by atoms with Gasteiger partial charge in [0, 0.05) is 61.4 Å². The van der Waals surface area contributed by atoms with Crippen LogP contribution in [0.3, 0.4) is 0 Å². The first-order chi connectivity index (χ1) is 12.3. The molecule has 1 aliphatic heterocycles. The lowest BCUT2D eigenvalue weighted by molar-refractivity contribution is 0.0623. The lowest BCUT2D eigenvalue weighted by Gasteiger charge is -2.34. The predicted molar refractivity (Wildman–Crippen MR) is 101 cm³/mol. The number of thiophene rings is 1. The van der Waals surface area contributed by atoms with Crippen LogP contribution in [0.2, 0.25) is 0 Å². The van der Waals surface area contributed by atoms with Crippen molar-refractivity contribution in [2.75, 3.05) is 26.2 Å². The van der Waals surface area contributed by atoms with Crippen LogP contribution in [-0.2, 0) is 6.54 Å². The summed E-state index contributed by atoms with van der Waals surface area (Å²) in [7, 11) is 0. The van der Waals surface area contributed by atoms with Gasteiger partial charge in [0.25, 0.3) is 5.91 Å². The smallest absolute Gasteiger partial charge is 0.273 e. The van der Waals surface area contributed by atoms with Crippen molar-refractivity contribution in [2.45, 2.75) is 6.54 Å². The Balaban J connectivity index is 1.35. The summed E-state index contributed by atoms with van der Waals surface area (Å²) in [6.07, 6.45) is 3.69. The number of pyridine rings is 1. The molecule has 0 aromatic carbocycles. The van der Waals surface area contributed by atoms with Crippen molar-refractivity contribution in [3.05, 3.63) is 58.0 Å². The van der Waals surface area contributed by atoms with Gasteiger partial charge < -0.3 is 4.90 Å². The summed E-state index contributed by atoms with van der Waals surface area (Å²) in [5, 5.41) is 6.88. The quantitative estimate of drug-likeness (QED) is 0.707. The van der Waals surface area contributed by atoms with Crippen molar-refractivity contribution in [1.82, 2.24) is 19.8 Å². The van der Waals surface area contributed by atoms with E-state index in [1.165, 1.54) is 16.9 Å². The van der Waals surface area contributed by atoms with Gasteiger partial charge in [-0.1, -0.05) is 6.07 Å². The lowest BCUT2D eigenvalue weighted by Crippen LogP contribution is -2.48. The highest BCUT2D eigenvalue weighted by Gasteiger charge is 2.24. The van der Waals surface area contributed by atoms with E-state index in [0.717, 1.165) is 43.3 Å². The number of carbonyl (C=O) groups is 1. The summed E-state index contributed by atoms with van der Waals surface area (Å²) in [6, 6.07) is 6.09. The molecule has 0 N–H and O–H groups in total. The molecule has 3 aromatic rings. The van der Waals surface area contributed by atoms with Gasteiger partial charge in [-0.15, -0.1) is 11.3 Å². The molecule has 1 fully saturated rings. The van der Waals surface area contributed by atoms with E-state index < -0.39 is 0 Å². The highest BCUT2D eigenvalue weighted by molar-refractivity contribution is 7.14. The van der Waals surface area contributed by atoms with E-state index in [1.54, 1.807) is 17.5 Å². The average Bonchev–Trinajstić information content (AvgIpc) is 3.34. The van der Waals surface area contributed by atoms with Crippen LogP contribution in [0.15, 0.2) is 46.7 Å². The molecule has 0 unspecified atom stereocenters. The Bertz CT molecular complexity index is 824. The third kappa shape index (κ3) is 3.78. The summed E-state index contributed by atoms with van der Waals surface area (Å²) in [6.45, 7) is 4.12. The molecule has 0 spiro atoms. The van der Waals surface area contributed by atoms with Crippen molar-refractivity contribution in [1.29, 1.82) is 0 Å². The maximum Gasteiger partial charge on any atom is 0.273 e. The number of carbonyl (C=O) groups excluding carboxylic acids is 1. The van der Waals surface area contributed by atoms with Crippen LogP contribution >= 0.6 is 22.7 Å². The lowest BCUT2D eigenvalue weighted by atomic mass is 10.2. The van der Waals surface area contributed by atoms with Gasteiger partial charge in [0.05, 0.1) is 0 Å². The molecule has 0 radical (unpaired) electrons. The van der Waals surface area contributed by atoms with E-state index in [-0.39, 0.29) is 5.91 Å². The minimum Gasteiger partial charge on any atom is -0.335 e. The van der Waals surface area contributed by atoms with Crippen LogP contribution in [0.25, 0.3) is 10.6 Å². The van der Waals surface area contributed by atoms with Crippen LogP contribution in [-0.4, -0.2) is 51.9 Å². The Morgan fingerprint density at radius 3 is 2.76 bits per heavy atom. The van der Waals surface area contributed by atoms with E-state index in [2.05, 4.69) is 26.3 Å². The normalized spacial score (nSPS) is 15.4. The van der Waals surface area contributed by atoms with Gasteiger partial charge in [0.2, 0.25) is 0 Å². The molecule has 5 nitrogen and oxygen atoms in total. The first-order valence-corrected chi connectivity index (χ1v) is 10.0. The Morgan fingerprint density at radius 2 is 2.04 bits per heavy atom. The van der Waals surface area contributed by atoms with Crippen molar-refractivity contribution in [3.63, 3.8) is 0 Å². The van der Waals surface area contributed by atoms with Crippen LogP contribution in [0, 0.1) is 0 Å². The average molecular weight is 371 g/mol. The molecule has 1 saturated heterocycles. The minimum absolute atomic E-state index is 0.0405. The van der Waals surface area contributed by atoms with Gasteiger partial charge in [-0.2, -0.15) is 11.3 Å². The zero-order chi connectivity index (χ0) is 17.1. The number of aromatic nitrogens is 2. The second kappa shape index (κ2) is 7.43. The Morgan fingerprint density at radius 1 is 1.16 bits per heavy atom. The minimum atomic E-state index is 0.0405. The van der Waals surface area contributed by atoms with E-state index in [0.29, 0.717) is 5.69 Å². The molecule has 0 bridgehead atoms. The molecular formula is C18H18N4OS2. The maximum atomic E-state index is 12.7. The zero-order valence-corrected chi connectivity index (χ0v) is 15.3. The second-order valence-corrected chi connectivity index (χ2v) is 7.62. The fourth-order valence-corrected chi connectivity index (χ4v) is 4.42. The van der Waals surface area contributed by atoms with Gasteiger partial charge in [-0.25, -0.2) is 4.98 Å². The third-order valence-electron chi connectivity index (χ3n) is 4.28. The number of hydrogen-bond acceptors (Lipinski definition) is 6. The fourth-order valence-electron chi connectivity index (χ4n) is 2.91. The number of nitrogens with zero attached hydrogens (tertiary/aromatic N) is 4. The van der Waals surface area contributed by atoms with Gasteiger partial charge in [0.15, 0.2) is 0 Å². The number of hydrogen-bond donors (Lipinski definition) is 0. The van der Waals surface area contributed by atoms with E-state index in [1.807, 2.05) is 34.0 Å². The largest absolute Gasteiger partial charge is 0.335 e. The molecule has 4 rings (SSSR count). The number of piperazine rings is 1. The van der Waals surface area contributed by atoms with Crippen LogP contribution in [0.5, 0.6) is 0 Å². The van der Waals surface area contributed by atoms with Gasteiger partial charge in [0.1, 0.15) is 10.7 Å². The first kappa shape index (κ1) is 16.4. The molecule has 25 heavy (non-hydrogen) atoms. The zero-order valence-electron chi connectivity index (χ0n) is 13.7. The fraction of sp³-hybridized carbons (Fsp3) is 0.278. The van der Waals surface area contributed by atoms with Gasteiger partial charge >= 0.3 is 0 Å². The number of amides is 1. The van der Waals surface area contributed by atoms with Crippen LogP contribution in [0.4, 0.5) is 0 Å². The van der Waals surface area contributed by atoms with Gasteiger partial charge in [-0.3, -0.25) is 14.7 Å². The SMILES string of the molecule is O=C(c1csc(-c2ccsc2)n1)N1CCN(Cc2cccnc2)CC1. The number of thiazole rings is 1. The van der Waals surface area contributed by atoms with E-state index in [9.17, 15) is 4.79 Å². The molecule has 3 aromatic heterocycles.